The lowest BCUT2D eigenvalue weighted by Gasteiger charge is -2.06. The van der Waals surface area contributed by atoms with Crippen molar-refractivity contribution in [3.05, 3.63) is 39.4 Å². The van der Waals surface area contributed by atoms with Gasteiger partial charge in [-0.3, -0.25) is 0 Å². The van der Waals surface area contributed by atoms with Crippen LogP contribution in [0.5, 0.6) is 0 Å². The minimum atomic E-state index is 0.453. The molecule has 1 aromatic rings. The Kier molecular flexibility index (Phi) is 4.67. The van der Waals surface area contributed by atoms with Gasteiger partial charge in [0.25, 0.3) is 0 Å². The zero-order valence-corrected chi connectivity index (χ0v) is 10.4. The highest BCUT2D eigenvalue weighted by Crippen LogP contribution is 2.24. The van der Waals surface area contributed by atoms with E-state index in [2.05, 4.69) is 6.07 Å². The quantitative estimate of drug-likeness (QED) is 0.830. The zero-order valence-electron chi connectivity index (χ0n) is 8.93. The molecule has 1 rings (SSSR count). The van der Waals surface area contributed by atoms with Crippen molar-refractivity contribution in [1.82, 2.24) is 0 Å². The number of nitrogens with two attached hydrogens (primary N) is 1. The molecule has 0 aromatic heterocycles. The number of nitriles is 1. The summed E-state index contributed by atoms with van der Waals surface area (Å²) in [4.78, 5) is 0. The van der Waals surface area contributed by atoms with Gasteiger partial charge in [0.1, 0.15) is 0 Å². The van der Waals surface area contributed by atoms with Gasteiger partial charge >= 0.3 is 0 Å². The van der Waals surface area contributed by atoms with Gasteiger partial charge in [0.05, 0.1) is 17.3 Å². The molecule has 1 aromatic carbocycles. The van der Waals surface area contributed by atoms with Crippen LogP contribution in [-0.2, 0) is 0 Å². The molecule has 4 heteroatoms. The van der Waals surface area contributed by atoms with Gasteiger partial charge in [0.15, 0.2) is 0 Å². The lowest BCUT2D eigenvalue weighted by atomic mass is 10.0. The Morgan fingerprint density at radius 3 is 2.31 bits per heavy atom. The van der Waals surface area contributed by atoms with Crippen molar-refractivity contribution in [3.8, 4) is 6.07 Å². The SMILES string of the molecule is CCC/C(C#N)=C(/N)c1cc(Cl)cc(Cl)c1. The summed E-state index contributed by atoms with van der Waals surface area (Å²) in [5.41, 5.74) is 7.63. The minimum Gasteiger partial charge on any atom is -0.397 e. The van der Waals surface area contributed by atoms with Gasteiger partial charge in [-0.25, -0.2) is 0 Å². The fraction of sp³-hybridized carbons (Fsp3) is 0.250. The first-order chi connectivity index (χ1) is 7.58. The molecule has 0 aliphatic carbocycles. The van der Waals surface area contributed by atoms with E-state index in [0.29, 0.717) is 33.3 Å². The predicted molar refractivity (Wildman–Crippen MR) is 68.1 cm³/mol. The van der Waals surface area contributed by atoms with Crippen LogP contribution in [0.1, 0.15) is 25.3 Å². The topological polar surface area (TPSA) is 49.8 Å². The highest BCUT2D eigenvalue weighted by atomic mass is 35.5. The van der Waals surface area contributed by atoms with E-state index < -0.39 is 0 Å². The van der Waals surface area contributed by atoms with Crippen LogP contribution in [0, 0.1) is 11.3 Å². The second kappa shape index (κ2) is 5.79. The average molecular weight is 255 g/mol. The van der Waals surface area contributed by atoms with Crippen molar-refractivity contribution in [2.45, 2.75) is 19.8 Å². The fourth-order valence-corrected chi connectivity index (χ4v) is 1.91. The molecule has 16 heavy (non-hydrogen) atoms. The molecule has 0 heterocycles. The molecule has 0 radical (unpaired) electrons. The van der Waals surface area contributed by atoms with Crippen LogP contribution < -0.4 is 5.73 Å². The number of halogens is 2. The molecule has 2 nitrogen and oxygen atoms in total. The van der Waals surface area contributed by atoms with Gasteiger partial charge in [-0.2, -0.15) is 5.26 Å². The third-order valence-electron chi connectivity index (χ3n) is 2.13. The Morgan fingerprint density at radius 1 is 1.31 bits per heavy atom. The highest BCUT2D eigenvalue weighted by Gasteiger charge is 2.06. The summed E-state index contributed by atoms with van der Waals surface area (Å²) < 4.78 is 0. The summed E-state index contributed by atoms with van der Waals surface area (Å²) in [7, 11) is 0. The minimum absolute atomic E-state index is 0.453. The van der Waals surface area contributed by atoms with Gasteiger partial charge in [-0.05, 0) is 24.6 Å². The standard InChI is InChI=1S/C12H12Cl2N2/c1-2-3-8(7-15)12(16)9-4-10(13)6-11(14)5-9/h4-6H,2-3,16H2,1H3/b12-8-. The smallest absolute Gasteiger partial charge is 0.0968 e. The Hall–Kier alpha value is -1.17. The highest BCUT2D eigenvalue weighted by molar-refractivity contribution is 6.34. The molecular formula is C12H12Cl2N2. The number of hydrogen-bond donors (Lipinski definition) is 1. The molecule has 0 saturated heterocycles. The van der Waals surface area contributed by atoms with Gasteiger partial charge in [-0.15, -0.1) is 0 Å². The summed E-state index contributed by atoms with van der Waals surface area (Å²) >= 11 is 11.7. The Balaban J connectivity index is 3.22. The summed E-state index contributed by atoms with van der Waals surface area (Å²) in [6.45, 7) is 2.00. The zero-order chi connectivity index (χ0) is 12.1. The summed E-state index contributed by atoms with van der Waals surface area (Å²) in [6, 6.07) is 7.15. The number of allylic oxidation sites excluding steroid dienone is 1. The van der Waals surface area contributed by atoms with E-state index in [4.69, 9.17) is 34.2 Å². The largest absolute Gasteiger partial charge is 0.397 e. The molecule has 0 atom stereocenters. The lowest BCUT2D eigenvalue weighted by molar-refractivity contribution is 0.929. The average Bonchev–Trinajstić information content (AvgIpc) is 2.23. The van der Waals surface area contributed by atoms with Crippen molar-refractivity contribution in [2.75, 3.05) is 0 Å². The van der Waals surface area contributed by atoms with Crippen molar-refractivity contribution >= 4 is 28.9 Å². The first-order valence-electron chi connectivity index (χ1n) is 4.93. The first kappa shape index (κ1) is 12.9. The van der Waals surface area contributed by atoms with Crippen LogP contribution in [-0.4, -0.2) is 0 Å². The molecule has 0 aliphatic heterocycles. The predicted octanol–water partition coefficient (Wildman–Crippen LogP) is 3.99. The van der Waals surface area contributed by atoms with Crippen LogP contribution in [0.25, 0.3) is 5.70 Å². The number of benzene rings is 1. The maximum atomic E-state index is 8.97. The van der Waals surface area contributed by atoms with Gasteiger partial charge in [-0.1, -0.05) is 36.5 Å². The normalized spacial score (nSPS) is 11.9. The number of hydrogen-bond acceptors (Lipinski definition) is 2. The molecule has 0 spiro atoms. The molecule has 84 valence electrons. The van der Waals surface area contributed by atoms with Gasteiger partial charge in [0.2, 0.25) is 0 Å². The summed E-state index contributed by atoms with van der Waals surface area (Å²) in [5, 5.41) is 10.00. The summed E-state index contributed by atoms with van der Waals surface area (Å²) in [6.07, 6.45) is 1.53. The molecule has 0 amide bonds. The van der Waals surface area contributed by atoms with Crippen LogP contribution >= 0.6 is 23.2 Å². The Labute approximate surface area is 105 Å². The molecule has 0 saturated carbocycles. The second-order valence-electron chi connectivity index (χ2n) is 3.41. The first-order valence-corrected chi connectivity index (χ1v) is 5.69. The third-order valence-corrected chi connectivity index (χ3v) is 2.57. The van der Waals surface area contributed by atoms with E-state index in [9.17, 15) is 0 Å². The number of rotatable bonds is 3. The summed E-state index contributed by atoms with van der Waals surface area (Å²) in [5.74, 6) is 0. The Bertz CT molecular complexity index is 438. The molecule has 0 unspecified atom stereocenters. The van der Waals surface area contributed by atoms with E-state index in [1.54, 1.807) is 18.2 Å². The van der Waals surface area contributed by atoms with Crippen LogP contribution in [0.2, 0.25) is 10.0 Å². The second-order valence-corrected chi connectivity index (χ2v) is 4.29. The molecular weight excluding hydrogens is 243 g/mol. The van der Waals surface area contributed by atoms with Crippen LogP contribution in [0.3, 0.4) is 0 Å². The molecule has 2 N–H and O–H groups in total. The van der Waals surface area contributed by atoms with Gasteiger partial charge < -0.3 is 5.73 Å². The van der Waals surface area contributed by atoms with Crippen LogP contribution in [0.15, 0.2) is 23.8 Å². The van der Waals surface area contributed by atoms with E-state index in [-0.39, 0.29) is 0 Å². The maximum Gasteiger partial charge on any atom is 0.0968 e. The van der Waals surface area contributed by atoms with Gasteiger partial charge in [0, 0.05) is 15.6 Å². The number of nitrogens with zero attached hydrogens (tertiary/aromatic N) is 1. The lowest BCUT2D eigenvalue weighted by Crippen LogP contribution is -2.01. The Morgan fingerprint density at radius 2 is 1.88 bits per heavy atom. The maximum absolute atomic E-state index is 8.97. The fourth-order valence-electron chi connectivity index (χ4n) is 1.38. The molecule has 0 fully saturated rings. The molecule has 0 bridgehead atoms. The van der Waals surface area contributed by atoms with E-state index in [0.717, 1.165) is 6.42 Å². The van der Waals surface area contributed by atoms with Crippen molar-refractivity contribution in [1.29, 1.82) is 5.26 Å². The molecule has 0 aliphatic rings. The van der Waals surface area contributed by atoms with Crippen LogP contribution in [0.4, 0.5) is 0 Å². The van der Waals surface area contributed by atoms with Crippen molar-refractivity contribution < 1.29 is 0 Å². The van der Waals surface area contributed by atoms with E-state index >= 15 is 0 Å². The van der Waals surface area contributed by atoms with Crippen molar-refractivity contribution in [3.63, 3.8) is 0 Å². The van der Waals surface area contributed by atoms with Crippen molar-refractivity contribution in [2.24, 2.45) is 5.73 Å². The third kappa shape index (κ3) is 3.16. The van der Waals surface area contributed by atoms with E-state index in [1.807, 2.05) is 6.92 Å². The van der Waals surface area contributed by atoms with E-state index in [1.165, 1.54) is 0 Å². The monoisotopic (exact) mass is 254 g/mol.